The second-order valence-corrected chi connectivity index (χ2v) is 14.7. The molecule has 3 aromatic rings. The third-order valence-corrected chi connectivity index (χ3v) is 10.6. The molecule has 53 heavy (non-hydrogen) atoms. The number of aromatic hydroxyl groups is 1. The van der Waals surface area contributed by atoms with Crippen LogP contribution < -0.4 is 26.2 Å². The van der Waals surface area contributed by atoms with E-state index in [4.69, 9.17) is 4.74 Å². The van der Waals surface area contributed by atoms with Crippen LogP contribution in [0.25, 0.3) is 11.1 Å². The van der Waals surface area contributed by atoms with Crippen LogP contribution in [-0.4, -0.2) is 112 Å². The van der Waals surface area contributed by atoms with E-state index in [9.17, 15) is 33.9 Å². The molecule has 16 heteroatoms. The lowest BCUT2D eigenvalue weighted by molar-refractivity contribution is -0.136. The summed E-state index contributed by atoms with van der Waals surface area (Å²) in [5.74, 6) is -0.289. The van der Waals surface area contributed by atoms with Crippen LogP contribution in [0, 0.1) is 0 Å². The molecule has 6 rings (SSSR count). The molecule has 0 spiro atoms. The second-order valence-electron chi connectivity index (χ2n) is 13.4. The van der Waals surface area contributed by atoms with Gasteiger partial charge in [0, 0.05) is 79.7 Å². The minimum absolute atomic E-state index is 0.0512. The molecule has 4 N–H and O–H groups in total. The van der Waals surface area contributed by atoms with E-state index in [-0.39, 0.29) is 47.9 Å². The predicted octanol–water partition coefficient (Wildman–Crippen LogP) is 2.14. The molecule has 0 saturated carbocycles. The van der Waals surface area contributed by atoms with E-state index in [0.29, 0.717) is 66.7 Å². The predicted molar refractivity (Wildman–Crippen MR) is 199 cm³/mol. The van der Waals surface area contributed by atoms with Crippen molar-refractivity contribution in [2.75, 3.05) is 57.7 Å². The number of nitrogens with zero attached hydrogens (tertiary/aromatic N) is 4. The zero-order valence-electron chi connectivity index (χ0n) is 30.1. The van der Waals surface area contributed by atoms with Gasteiger partial charge in [-0.05, 0) is 62.3 Å². The monoisotopic (exact) mass is 745 g/mol. The summed E-state index contributed by atoms with van der Waals surface area (Å²) in [5.41, 5.74) is 4.32. The highest BCUT2D eigenvalue weighted by molar-refractivity contribution is 7.99. The number of hydrogen-bond donors (Lipinski definition) is 4. The number of ether oxygens (including phenoxy) is 1. The average molecular weight is 746 g/mol. The summed E-state index contributed by atoms with van der Waals surface area (Å²) in [6.07, 6.45) is 2.38. The van der Waals surface area contributed by atoms with Gasteiger partial charge >= 0.3 is 6.03 Å². The van der Waals surface area contributed by atoms with Crippen molar-refractivity contribution in [1.82, 2.24) is 29.9 Å². The van der Waals surface area contributed by atoms with Crippen molar-refractivity contribution in [2.45, 2.75) is 38.4 Å². The number of aromatic nitrogens is 1. The first kappa shape index (κ1) is 37.4. The number of hydrogen-bond acceptors (Lipinski definition) is 11. The van der Waals surface area contributed by atoms with Crippen molar-refractivity contribution in [1.29, 1.82) is 0 Å². The maximum atomic E-state index is 13.3. The topological polar surface area (TPSA) is 183 Å². The first-order valence-electron chi connectivity index (χ1n) is 17.3. The Hall–Kier alpha value is -5.35. The van der Waals surface area contributed by atoms with Crippen molar-refractivity contribution in [2.24, 2.45) is 7.05 Å². The summed E-state index contributed by atoms with van der Waals surface area (Å²) < 4.78 is 7.11. The van der Waals surface area contributed by atoms with E-state index >= 15 is 0 Å². The quantitative estimate of drug-likeness (QED) is 0.158. The van der Waals surface area contributed by atoms with Crippen LogP contribution in [0.3, 0.4) is 0 Å². The van der Waals surface area contributed by atoms with Gasteiger partial charge in [-0.2, -0.15) is 11.8 Å². The largest absolute Gasteiger partial charge is 0.507 e. The average Bonchev–Trinajstić information content (AvgIpc) is 3.38. The van der Waals surface area contributed by atoms with Crippen molar-refractivity contribution >= 4 is 47.1 Å². The smallest absolute Gasteiger partial charge is 0.317 e. The molecule has 280 valence electrons. The number of imide groups is 2. The van der Waals surface area contributed by atoms with E-state index in [2.05, 4.69) is 16.0 Å². The molecular formula is C37H43N7O8S. The second kappa shape index (κ2) is 15.7. The molecule has 0 bridgehead atoms. The number of fused-ring (bicyclic) bond motifs is 2. The normalized spacial score (nSPS) is 16.8. The van der Waals surface area contributed by atoms with E-state index in [1.165, 1.54) is 4.57 Å². The number of pyridine rings is 1. The molecule has 15 nitrogen and oxygen atoms in total. The summed E-state index contributed by atoms with van der Waals surface area (Å²) in [4.78, 5) is 81.3. The van der Waals surface area contributed by atoms with Crippen LogP contribution in [0.15, 0.2) is 41.3 Å². The number of methoxy groups -OCH3 is 1. The Morgan fingerprint density at radius 3 is 2.55 bits per heavy atom. The van der Waals surface area contributed by atoms with Crippen LogP contribution in [0.1, 0.15) is 50.2 Å². The summed E-state index contributed by atoms with van der Waals surface area (Å²) in [6, 6.07) is 7.20. The molecule has 4 heterocycles. The Morgan fingerprint density at radius 2 is 1.81 bits per heavy atom. The maximum absolute atomic E-state index is 13.3. The van der Waals surface area contributed by atoms with E-state index < -0.39 is 29.7 Å². The highest BCUT2D eigenvalue weighted by Gasteiger charge is 2.45. The lowest BCUT2D eigenvalue weighted by atomic mass is 9.91. The number of urea groups is 1. The first-order chi connectivity index (χ1) is 25.4. The molecule has 6 amide bonds. The number of thioether (sulfide) groups is 1. The van der Waals surface area contributed by atoms with E-state index in [1.54, 1.807) is 61.3 Å². The molecule has 0 aliphatic carbocycles. The van der Waals surface area contributed by atoms with Gasteiger partial charge in [-0.25, -0.2) is 4.79 Å². The van der Waals surface area contributed by atoms with Crippen LogP contribution in [-0.2, 0) is 36.1 Å². The van der Waals surface area contributed by atoms with Gasteiger partial charge in [0.1, 0.15) is 17.5 Å². The Kier molecular flexibility index (Phi) is 11.1. The van der Waals surface area contributed by atoms with Crippen LogP contribution in [0.4, 0.5) is 10.5 Å². The number of phenolic OH excluding ortho intramolecular Hbond substituents is 1. The SMILES string of the molecule is COc1cc(-c2cn(C)c(=O)c3c2CCN(C(=O)NCCSCCNc2cccc4c2C(=O)N(C2CCC(=O)NC2=O)C4=O)C3)cc(O)c1CN(C)C. The highest BCUT2D eigenvalue weighted by Crippen LogP contribution is 2.38. The standard InChI is InChI=1S/C37H43N7O8S/c1-41(2)18-26-29(45)16-21(17-30(26)52-4)24-19-42(3)34(48)25-20-43(13-10-22(24)25)37(51)39-12-15-53-14-11-38-27-7-5-6-23-32(27)36(50)44(35(23)49)28-8-9-31(46)40-33(28)47/h5-7,16-17,19,28,38,45H,8-15,18,20H2,1-4H3,(H,39,51)(H,40,46,47). The van der Waals surface area contributed by atoms with Gasteiger partial charge in [0.05, 0.1) is 24.8 Å². The zero-order chi connectivity index (χ0) is 38.0. The number of carbonyl (C=O) groups is 5. The van der Waals surface area contributed by atoms with Gasteiger partial charge < -0.3 is 34.8 Å². The van der Waals surface area contributed by atoms with Crippen molar-refractivity contribution in [3.63, 3.8) is 0 Å². The zero-order valence-corrected chi connectivity index (χ0v) is 30.9. The number of anilines is 1. The number of benzene rings is 2. The first-order valence-corrected chi connectivity index (χ1v) is 18.5. The van der Waals surface area contributed by atoms with Gasteiger partial charge in [0.15, 0.2) is 0 Å². The number of amides is 6. The molecule has 1 atom stereocenters. The number of aryl methyl sites for hydroxylation is 1. The summed E-state index contributed by atoms with van der Waals surface area (Å²) >= 11 is 1.59. The molecule has 1 aromatic heterocycles. The third kappa shape index (κ3) is 7.60. The number of rotatable bonds is 12. The number of piperidine rings is 1. The molecule has 3 aliphatic rings. The Bertz CT molecular complexity index is 2050. The Balaban J connectivity index is 1.01. The van der Waals surface area contributed by atoms with Crippen LogP contribution in [0.5, 0.6) is 11.5 Å². The van der Waals surface area contributed by atoms with E-state index in [1.807, 2.05) is 25.1 Å². The van der Waals surface area contributed by atoms with Crippen LogP contribution >= 0.6 is 11.8 Å². The minimum atomic E-state index is -1.03. The maximum Gasteiger partial charge on any atom is 0.317 e. The Labute approximate surface area is 310 Å². The van der Waals surface area contributed by atoms with Crippen LogP contribution in [0.2, 0.25) is 0 Å². The molecule has 2 aromatic carbocycles. The van der Waals surface area contributed by atoms with Crippen molar-refractivity contribution in [3.8, 4) is 22.6 Å². The lowest BCUT2D eigenvalue weighted by Gasteiger charge is -2.30. The molecule has 1 fully saturated rings. The minimum Gasteiger partial charge on any atom is -0.507 e. The summed E-state index contributed by atoms with van der Waals surface area (Å²) in [7, 11) is 7.05. The molecule has 1 unspecified atom stereocenters. The molecule has 1 saturated heterocycles. The van der Waals surface area contributed by atoms with Crippen molar-refractivity contribution < 1.29 is 33.8 Å². The van der Waals surface area contributed by atoms with Gasteiger partial charge in [-0.3, -0.25) is 34.2 Å². The fourth-order valence-electron chi connectivity index (χ4n) is 7.03. The summed E-state index contributed by atoms with van der Waals surface area (Å²) in [5, 5.41) is 19.3. The van der Waals surface area contributed by atoms with E-state index in [0.717, 1.165) is 21.6 Å². The highest BCUT2D eigenvalue weighted by atomic mass is 32.2. The number of carbonyl (C=O) groups excluding carboxylic acids is 5. The van der Waals surface area contributed by atoms with Gasteiger partial charge in [0.2, 0.25) is 11.8 Å². The summed E-state index contributed by atoms with van der Waals surface area (Å²) in [6.45, 7) is 1.95. The number of nitrogens with one attached hydrogen (secondary N) is 3. The molecule has 3 aliphatic heterocycles. The fraction of sp³-hybridized carbons (Fsp3) is 0.405. The molecular weight excluding hydrogens is 703 g/mol. The fourth-order valence-corrected chi connectivity index (χ4v) is 7.73. The van der Waals surface area contributed by atoms with Gasteiger partial charge in [-0.1, -0.05) is 6.07 Å². The lowest BCUT2D eigenvalue weighted by Crippen LogP contribution is -2.54. The van der Waals surface area contributed by atoms with Gasteiger partial charge in [0.25, 0.3) is 17.4 Å². The van der Waals surface area contributed by atoms with Crippen molar-refractivity contribution in [3.05, 3.63) is 74.7 Å². The number of phenols is 1. The molecule has 0 radical (unpaired) electrons. The third-order valence-electron chi connectivity index (χ3n) is 9.60. The Morgan fingerprint density at radius 1 is 1.04 bits per heavy atom. The van der Waals surface area contributed by atoms with Gasteiger partial charge in [-0.15, -0.1) is 0 Å².